The number of ether oxygens (including phenoxy) is 1. The first-order chi connectivity index (χ1) is 7.16. The smallest absolute Gasteiger partial charge is 0.336 e. The Balaban J connectivity index is 2.21. The van der Waals surface area contributed by atoms with Gasteiger partial charge in [-0.15, -0.1) is 0 Å². The molecule has 0 aromatic carbocycles. The predicted octanol–water partition coefficient (Wildman–Crippen LogP) is 2.50. The van der Waals surface area contributed by atoms with E-state index in [0.29, 0.717) is 11.3 Å². The molecule has 1 heterocycles. The van der Waals surface area contributed by atoms with Gasteiger partial charge in [0.25, 0.3) is 0 Å². The van der Waals surface area contributed by atoms with Crippen molar-refractivity contribution in [2.24, 2.45) is 5.73 Å². The van der Waals surface area contributed by atoms with Gasteiger partial charge in [-0.3, -0.25) is 0 Å². The van der Waals surface area contributed by atoms with Gasteiger partial charge in [0, 0.05) is 0 Å². The van der Waals surface area contributed by atoms with Crippen molar-refractivity contribution in [1.82, 2.24) is 0 Å². The van der Waals surface area contributed by atoms with E-state index in [2.05, 4.69) is 6.92 Å². The van der Waals surface area contributed by atoms with E-state index in [9.17, 15) is 4.79 Å². The summed E-state index contributed by atoms with van der Waals surface area (Å²) in [6, 6.07) is 0. The number of hydrogen-bond donors (Lipinski definition) is 1. The van der Waals surface area contributed by atoms with Crippen molar-refractivity contribution >= 4 is 5.97 Å². The maximum Gasteiger partial charge on any atom is 0.336 e. The molecule has 0 aromatic heterocycles. The van der Waals surface area contributed by atoms with Crippen molar-refractivity contribution in [2.75, 3.05) is 0 Å². The highest BCUT2D eigenvalue weighted by Gasteiger charge is 2.28. The molecule has 0 spiro atoms. The first kappa shape index (κ1) is 12.1. The number of rotatable bonds is 6. The molecule has 0 aliphatic carbocycles. The van der Waals surface area contributed by atoms with Crippen molar-refractivity contribution in [2.45, 2.75) is 58.5 Å². The lowest BCUT2D eigenvalue weighted by Crippen LogP contribution is -2.16. The van der Waals surface area contributed by atoms with E-state index in [1.54, 1.807) is 6.92 Å². The molecule has 15 heavy (non-hydrogen) atoms. The summed E-state index contributed by atoms with van der Waals surface area (Å²) in [7, 11) is 0. The number of hydrogen-bond acceptors (Lipinski definition) is 3. The van der Waals surface area contributed by atoms with Crippen LogP contribution in [0.15, 0.2) is 11.3 Å². The molecule has 0 unspecified atom stereocenters. The van der Waals surface area contributed by atoms with Gasteiger partial charge in [0.05, 0.1) is 11.3 Å². The van der Waals surface area contributed by atoms with Crippen LogP contribution in [-0.4, -0.2) is 12.1 Å². The molecule has 1 rings (SSSR count). The van der Waals surface area contributed by atoms with Crippen LogP contribution in [0.4, 0.5) is 0 Å². The quantitative estimate of drug-likeness (QED) is 0.542. The molecule has 0 aromatic rings. The summed E-state index contributed by atoms with van der Waals surface area (Å²) >= 11 is 0. The van der Waals surface area contributed by atoms with Gasteiger partial charge in [-0.1, -0.05) is 32.6 Å². The number of unbranched alkanes of at least 4 members (excludes halogenated alkanes) is 4. The molecule has 0 saturated heterocycles. The maximum atomic E-state index is 11.2. The van der Waals surface area contributed by atoms with Gasteiger partial charge < -0.3 is 10.5 Å². The molecule has 1 atom stereocenters. The molecule has 3 nitrogen and oxygen atoms in total. The van der Waals surface area contributed by atoms with E-state index in [1.807, 2.05) is 0 Å². The van der Waals surface area contributed by atoms with Crippen LogP contribution >= 0.6 is 0 Å². The zero-order valence-corrected chi connectivity index (χ0v) is 9.71. The predicted molar refractivity (Wildman–Crippen MR) is 60.1 cm³/mol. The molecule has 0 radical (unpaired) electrons. The molecule has 0 bridgehead atoms. The molecular formula is C12H21NO2. The second-order valence-corrected chi connectivity index (χ2v) is 4.18. The Hall–Kier alpha value is -0.990. The minimum atomic E-state index is -0.244. The fraction of sp³-hybridized carbons (Fsp3) is 0.750. The summed E-state index contributed by atoms with van der Waals surface area (Å²) in [4.78, 5) is 11.2. The van der Waals surface area contributed by atoms with Gasteiger partial charge >= 0.3 is 5.97 Å². The van der Waals surface area contributed by atoms with Crippen molar-refractivity contribution < 1.29 is 9.53 Å². The molecule has 1 aliphatic rings. The lowest BCUT2D eigenvalue weighted by atomic mass is 10.1. The molecule has 1 aliphatic heterocycles. The van der Waals surface area contributed by atoms with E-state index < -0.39 is 0 Å². The molecule has 0 amide bonds. The van der Waals surface area contributed by atoms with Gasteiger partial charge in [0.2, 0.25) is 0 Å². The van der Waals surface area contributed by atoms with Gasteiger partial charge in [-0.25, -0.2) is 4.79 Å². The average Bonchev–Trinajstić information content (AvgIpc) is 2.46. The molecular weight excluding hydrogens is 190 g/mol. The van der Waals surface area contributed by atoms with Crippen molar-refractivity contribution in [3.05, 3.63) is 11.3 Å². The van der Waals surface area contributed by atoms with Crippen LogP contribution < -0.4 is 5.73 Å². The van der Waals surface area contributed by atoms with E-state index in [1.165, 1.54) is 25.7 Å². The van der Waals surface area contributed by atoms with Gasteiger partial charge in [0.1, 0.15) is 6.10 Å². The van der Waals surface area contributed by atoms with Gasteiger partial charge in [-0.2, -0.15) is 0 Å². The largest absolute Gasteiger partial charge is 0.453 e. The Bertz CT molecular complexity index is 258. The number of carbonyl (C=O) groups excluding carboxylic acids is 1. The average molecular weight is 211 g/mol. The van der Waals surface area contributed by atoms with Gasteiger partial charge in [-0.05, 0) is 19.8 Å². The zero-order valence-electron chi connectivity index (χ0n) is 9.71. The third-order valence-electron chi connectivity index (χ3n) is 2.91. The Morgan fingerprint density at radius 1 is 1.27 bits per heavy atom. The SMILES string of the molecule is CCCCCCC[C@@H]1OC(=O)C(C)=C1N. The van der Waals surface area contributed by atoms with Crippen molar-refractivity contribution in [3.8, 4) is 0 Å². The van der Waals surface area contributed by atoms with E-state index >= 15 is 0 Å². The van der Waals surface area contributed by atoms with Crippen LogP contribution in [0.5, 0.6) is 0 Å². The number of nitrogens with two attached hydrogens (primary N) is 1. The van der Waals surface area contributed by atoms with Crippen LogP contribution in [0, 0.1) is 0 Å². The molecule has 0 fully saturated rings. The fourth-order valence-corrected chi connectivity index (χ4v) is 1.79. The summed E-state index contributed by atoms with van der Waals surface area (Å²) in [5.41, 5.74) is 7.01. The summed E-state index contributed by atoms with van der Waals surface area (Å²) < 4.78 is 5.15. The Morgan fingerprint density at radius 2 is 1.93 bits per heavy atom. The summed E-state index contributed by atoms with van der Waals surface area (Å²) in [5, 5.41) is 0. The van der Waals surface area contributed by atoms with Crippen molar-refractivity contribution in [1.29, 1.82) is 0 Å². The fourth-order valence-electron chi connectivity index (χ4n) is 1.79. The number of cyclic esters (lactones) is 1. The highest BCUT2D eigenvalue weighted by molar-refractivity contribution is 5.91. The molecule has 2 N–H and O–H groups in total. The maximum absolute atomic E-state index is 11.2. The van der Waals surface area contributed by atoms with Crippen LogP contribution in [0.3, 0.4) is 0 Å². The zero-order chi connectivity index (χ0) is 11.3. The second kappa shape index (κ2) is 5.79. The van der Waals surface area contributed by atoms with Gasteiger partial charge in [0.15, 0.2) is 0 Å². The van der Waals surface area contributed by atoms with E-state index in [-0.39, 0.29) is 12.1 Å². The Kier molecular flexibility index (Phi) is 4.66. The second-order valence-electron chi connectivity index (χ2n) is 4.18. The van der Waals surface area contributed by atoms with Crippen LogP contribution in [0.2, 0.25) is 0 Å². The molecule has 3 heteroatoms. The van der Waals surface area contributed by atoms with Crippen LogP contribution in [0.1, 0.15) is 52.4 Å². The van der Waals surface area contributed by atoms with Crippen LogP contribution in [-0.2, 0) is 9.53 Å². The lowest BCUT2D eigenvalue weighted by Gasteiger charge is -2.10. The van der Waals surface area contributed by atoms with Crippen molar-refractivity contribution in [3.63, 3.8) is 0 Å². The number of carbonyl (C=O) groups is 1. The van der Waals surface area contributed by atoms with Crippen LogP contribution in [0.25, 0.3) is 0 Å². The highest BCUT2D eigenvalue weighted by atomic mass is 16.5. The lowest BCUT2D eigenvalue weighted by molar-refractivity contribution is -0.139. The standard InChI is InChI=1S/C12H21NO2/c1-3-4-5-6-7-8-10-11(13)9(2)12(14)15-10/h10H,3-8,13H2,1-2H3/t10-/m0/s1. The summed E-state index contributed by atoms with van der Waals surface area (Å²) in [5.74, 6) is -0.244. The molecule has 86 valence electrons. The molecule has 0 saturated carbocycles. The van der Waals surface area contributed by atoms with E-state index in [4.69, 9.17) is 10.5 Å². The minimum absolute atomic E-state index is 0.154. The monoisotopic (exact) mass is 211 g/mol. The topological polar surface area (TPSA) is 52.3 Å². The third kappa shape index (κ3) is 3.26. The minimum Gasteiger partial charge on any atom is -0.453 e. The highest BCUT2D eigenvalue weighted by Crippen LogP contribution is 2.22. The summed E-state index contributed by atoms with van der Waals surface area (Å²) in [6.45, 7) is 3.93. The first-order valence-corrected chi connectivity index (χ1v) is 5.84. The Morgan fingerprint density at radius 3 is 2.47 bits per heavy atom. The third-order valence-corrected chi connectivity index (χ3v) is 2.91. The summed E-state index contributed by atoms with van der Waals surface area (Å²) in [6.07, 6.45) is 6.81. The Labute approximate surface area is 91.7 Å². The van der Waals surface area contributed by atoms with E-state index in [0.717, 1.165) is 12.8 Å². The first-order valence-electron chi connectivity index (χ1n) is 5.84. The normalized spacial score (nSPS) is 20.9. The number of esters is 1.